The zero-order valence-electron chi connectivity index (χ0n) is 6.92. The minimum atomic E-state index is -4.67. The van der Waals surface area contributed by atoms with Gasteiger partial charge in [0, 0.05) is 6.07 Å². The molecule has 0 N–H and O–H groups in total. The topological polar surface area (TPSA) is 65.9 Å². The van der Waals surface area contributed by atoms with Crippen LogP contribution in [0.1, 0.15) is 11.5 Å². The molecule has 0 aliphatic heterocycles. The number of nitrogens with zero attached hydrogens (tertiary/aromatic N) is 2. The first-order valence-electron chi connectivity index (χ1n) is 3.45. The van der Waals surface area contributed by atoms with Gasteiger partial charge in [-0.15, -0.1) is 0 Å². The fourth-order valence-corrected chi connectivity index (χ4v) is 1.32. The van der Waals surface area contributed by atoms with Crippen LogP contribution in [0.4, 0.5) is 13.2 Å². The van der Waals surface area contributed by atoms with Crippen LogP contribution in [0.5, 0.6) is 0 Å². The molecule has 0 aliphatic rings. The molecule has 1 aromatic heterocycles. The lowest BCUT2D eigenvalue weighted by atomic mass is 10.4. The van der Waals surface area contributed by atoms with Crippen LogP contribution in [0, 0.1) is 0 Å². The fourth-order valence-electron chi connectivity index (χ4n) is 0.780. The highest BCUT2D eigenvalue weighted by molar-refractivity contribution is 7.78. The maximum atomic E-state index is 12.2. The highest BCUT2D eigenvalue weighted by Gasteiger charge is 2.33. The molecule has 15 heavy (non-hydrogen) atoms. The van der Waals surface area contributed by atoms with Gasteiger partial charge in [0.15, 0.2) is 0 Å². The van der Waals surface area contributed by atoms with E-state index in [0.717, 1.165) is 0 Å². The number of alkyl halides is 3. The van der Waals surface area contributed by atoms with Crippen LogP contribution in [-0.4, -0.2) is 18.7 Å². The van der Waals surface area contributed by atoms with Crippen molar-refractivity contribution >= 4 is 22.7 Å². The predicted molar refractivity (Wildman–Crippen MR) is 44.7 cm³/mol. The van der Waals surface area contributed by atoms with Crippen molar-refractivity contribution in [2.75, 3.05) is 0 Å². The first-order chi connectivity index (χ1) is 6.79. The molecule has 1 unspecified atom stereocenters. The second-order valence-electron chi connectivity index (χ2n) is 2.44. The number of hydrogen-bond donors (Lipinski definition) is 0. The van der Waals surface area contributed by atoms with Crippen molar-refractivity contribution in [2.45, 2.75) is 11.9 Å². The number of halogens is 4. The van der Waals surface area contributed by atoms with E-state index in [1.807, 2.05) is 0 Å². The van der Waals surface area contributed by atoms with Gasteiger partial charge in [-0.2, -0.15) is 13.2 Å². The van der Waals surface area contributed by atoms with Crippen molar-refractivity contribution in [1.82, 2.24) is 9.97 Å². The predicted octanol–water partition coefficient (Wildman–Crippen LogP) is 1.53. The largest absolute Gasteiger partial charge is 0.772 e. The van der Waals surface area contributed by atoms with E-state index in [4.69, 9.17) is 11.6 Å². The lowest BCUT2D eigenvalue weighted by molar-refractivity contribution is -0.141. The van der Waals surface area contributed by atoms with E-state index < -0.39 is 39.7 Å². The third-order valence-corrected chi connectivity index (χ3v) is 1.97. The summed E-state index contributed by atoms with van der Waals surface area (Å²) < 4.78 is 57.0. The molecule has 4 nitrogen and oxygen atoms in total. The first-order valence-corrected chi connectivity index (χ1v) is 5.08. The zero-order chi connectivity index (χ0) is 11.6. The summed E-state index contributed by atoms with van der Waals surface area (Å²) in [4.78, 5) is 6.38. The molecule has 0 aromatic carbocycles. The number of aromatic nitrogens is 2. The van der Waals surface area contributed by atoms with Gasteiger partial charge >= 0.3 is 6.18 Å². The molecule has 0 aliphatic carbocycles. The van der Waals surface area contributed by atoms with Crippen LogP contribution in [0.15, 0.2) is 6.07 Å². The normalized spacial score (nSPS) is 13.9. The van der Waals surface area contributed by atoms with E-state index in [1.54, 1.807) is 0 Å². The Kier molecular flexibility index (Phi) is 3.63. The average molecular weight is 260 g/mol. The van der Waals surface area contributed by atoms with Crippen molar-refractivity contribution in [3.05, 3.63) is 22.7 Å². The molecule has 1 heterocycles. The van der Waals surface area contributed by atoms with E-state index in [2.05, 4.69) is 9.97 Å². The van der Waals surface area contributed by atoms with Crippen LogP contribution in [0.2, 0.25) is 5.15 Å². The third kappa shape index (κ3) is 3.73. The molecule has 0 amide bonds. The maximum absolute atomic E-state index is 12.2. The van der Waals surface area contributed by atoms with E-state index in [-0.39, 0.29) is 0 Å². The van der Waals surface area contributed by atoms with Crippen LogP contribution < -0.4 is 0 Å². The molecule has 0 bridgehead atoms. The smallest absolute Gasteiger partial charge is 0.433 e. The Morgan fingerprint density at radius 1 is 1.47 bits per heavy atom. The quantitative estimate of drug-likeness (QED) is 0.597. The summed E-state index contributed by atoms with van der Waals surface area (Å²) in [6, 6.07) is 0.527. The van der Waals surface area contributed by atoms with Gasteiger partial charge in [-0.3, -0.25) is 4.21 Å². The van der Waals surface area contributed by atoms with Crippen LogP contribution in [0.3, 0.4) is 0 Å². The molecule has 0 fully saturated rings. The van der Waals surface area contributed by atoms with E-state index in [0.29, 0.717) is 6.07 Å². The molecule has 9 heteroatoms. The van der Waals surface area contributed by atoms with Crippen molar-refractivity contribution < 1.29 is 21.9 Å². The minimum Gasteiger partial charge on any atom is -0.772 e. The summed E-state index contributed by atoms with van der Waals surface area (Å²) in [7, 11) is 0. The van der Waals surface area contributed by atoms with Gasteiger partial charge in [-0.1, -0.05) is 11.6 Å². The number of hydrogen-bond acceptors (Lipinski definition) is 4. The summed E-state index contributed by atoms with van der Waals surface area (Å²) in [5.74, 6) is -1.19. The van der Waals surface area contributed by atoms with Gasteiger partial charge in [0.2, 0.25) is 0 Å². The second-order valence-corrected chi connectivity index (χ2v) is 3.72. The Balaban J connectivity index is 3.11. The molecule has 1 atom stereocenters. The van der Waals surface area contributed by atoms with Crippen LogP contribution >= 0.6 is 11.6 Å². The molecule has 1 rings (SSSR count). The van der Waals surface area contributed by atoms with E-state index >= 15 is 0 Å². The average Bonchev–Trinajstić information content (AvgIpc) is 1.99. The summed E-state index contributed by atoms with van der Waals surface area (Å²) in [6.07, 6.45) is -4.67. The molecule has 0 spiro atoms. The molecule has 84 valence electrons. The summed E-state index contributed by atoms with van der Waals surface area (Å²) in [5, 5.41) is -0.447. The Morgan fingerprint density at radius 3 is 2.53 bits per heavy atom. The highest BCUT2D eigenvalue weighted by Crippen LogP contribution is 2.28. The minimum absolute atomic E-state index is 0.447. The molecular weight excluding hydrogens is 257 g/mol. The lowest BCUT2D eigenvalue weighted by Crippen LogP contribution is -2.12. The Morgan fingerprint density at radius 2 is 2.07 bits per heavy atom. The van der Waals surface area contributed by atoms with Crippen molar-refractivity contribution in [3.8, 4) is 0 Å². The monoisotopic (exact) mass is 259 g/mol. The SMILES string of the molecule is O=S([O-])Cc1nc(Cl)cc(C(F)(F)F)n1. The van der Waals surface area contributed by atoms with Gasteiger partial charge in [-0.05, 0) is 11.1 Å². The lowest BCUT2D eigenvalue weighted by Gasteiger charge is -2.08. The molecule has 0 saturated carbocycles. The Labute approximate surface area is 89.8 Å². The van der Waals surface area contributed by atoms with Crippen molar-refractivity contribution in [2.24, 2.45) is 0 Å². The maximum Gasteiger partial charge on any atom is 0.433 e. The van der Waals surface area contributed by atoms with Gasteiger partial charge in [-0.25, -0.2) is 9.97 Å². The summed E-state index contributed by atoms with van der Waals surface area (Å²) >= 11 is 2.73. The Hall–Kier alpha value is -0.730. The highest BCUT2D eigenvalue weighted by atomic mass is 35.5. The van der Waals surface area contributed by atoms with Gasteiger partial charge < -0.3 is 4.55 Å². The molecular formula is C6H3ClF3N2O2S-. The second kappa shape index (κ2) is 4.42. The zero-order valence-corrected chi connectivity index (χ0v) is 8.49. The third-order valence-electron chi connectivity index (χ3n) is 1.28. The van der Waals surface area contributed by atoms with Crippen LogP contribution in [-0.2, 0) is 23.0 Å². The van der Waals surface area contributed by atoms with Gasteiger partial charge in [0.1, 0.15) is 16.7 Å². The van der Waals surface area contributed by atoms with E-state index in [9.17, 15) is 21.9 Å². The number of rotatable bonds is 2. The Bertz CT molecular complexity index is 398. The molecule has 0 saturated heterocycles. The van der Waals surface area contributed by atoms with Crippen LogP contribution in [0.25, 0.3) is 0 Å². The van der Waals surface area contributed by atoms with Crippen molar-refractivity contribution in [3.63, 3.8) is 0 Å². The summed E-state index contributed by atoms with van der Waals surface area (Å²) in [5.41, 5.74) is -1.26. The fraction of sp³-hybridized carbons (Fsp3) is 0.333. The standard InChI is InChI=1S/C6H4ClF3N2O2S/c7-4-1-3(6(8,9)10)11-5(12-4)2-15(13)14/h1H,2H2,(H,13,14)/p-1. The first kappa shape index (κ1) is 12.3. The molecule has 0 radical (unpaired) electrons. The van der Waals surface area contributed by atoms with Gasteiger partial charge in [0.05, 0.1) is 5.75 Å². The van der Waals surface area contributed by atoms with E-state index in [1.165, 1.54) is 0 Å². The van der Waals surface area contributed by atoms with Crippen molar-refractivity contribution in [1.29, 1.82) is 0 Å². The van der Waals surface area contributed by atoms with Gasteiger partial charge in [0.25, 0.3) is 0 Å². The summed E-state index contributed by atoms with van der Waals surface area (Å²) in [6.45, 7) is 0. The molecule has 1 aromatic rings.